The molecule has 1 N–H and O–H groups in total. The van der Waals surface area contributed by atoms with Gasteiger partial charge in [-0.2, -0.15) is 0 Å². The molecule has 1 aliphatic rings. The lowest BCUT2D eigenvalue weighted by Crippen LogP contribution is -2.63. The van der Waals surface area contributed by atoms with E-state index in [-0.39, 0.29) is 25.6 Å². The number of esters is 1. The van der Waals surface area contributed by atoms with Crippen LogP contribution in [-0.2, 0) is 43.5 Å². The lowest BCUT2D eigenvalue weighted by atomic mass is 9.97. The molecule has 1 fully saturated rings. The van der Waals surface area contributed by atoms with Crippen molar-refractivity contribution in [3.63, 3.8) is 0 Å². The van der Waals surface area contributed by atoms with Crippen molar-refractivity contribution in [3.8, 4) is 11.5 Å². The summed E-state index contributed by atoms with van der Waals surface area (Å²) in [5, 5.41) is 9.89. The highest BCUT2D eigenvalue weighted by molar-refractivity contribution is 5.89. The summed E-state index contributed by atoms with van der Waals surface area (Å²) in [5.74, 6) is -0.0602. The zero-order chi connectivity index (χ0) is 33.0. The van der Waals surface area contributed by atoms with Gasteiger partial charge >= 0.3 is 5.97 Å². The van der Waals surface area contributed by atoms with Crippen LogP contribution >= 0.6 is 0 Å². The molecule has 6 rings (SSSR count). The van der Waals surface area contributed by atoms with Gasteiger partial charge in [0.25, 0.3) is 0 Å². The highest BCUT2D eigenvalue weighted by Gasteiger charge is 2.51. The van der Waals surface area contributed by atoms with Gasteiger partial charge in [0.2, 0.25) is 6.29 Å². The van der Waals surface area contributed by atoms with Crippen molar-refractivity contribution in [1.29, 1.82) is 0 Å². The normalized spacial score (nSPS) is 20.5. The summed E-state index contributed by atoms with van der Waals surface area (Å²) < 4.78 is 38.6. The Kier molecular flexibility index (Phi) is 11.5. The number of carbonyl (C=O) groups excluding carboxylic acids is 1. The lowest BCUT2D eigenvalue weighted by molar-refractivity contribution is -0.298. The highest BCUT2D eigenvalue weighted by Crippen LogP contribution is 2.33. The first-order valence-electron chi connectivity index (χ1n) is 15.9. The summed E-state index contributed by atoms with van der Waals surface area (Å²) in [6, 6.07) is 44.4. The molecular weight excluding hydrogens is 608 g/mol. The number of rotatable bonds is 14. The van der Waals surface area contributed by atoms with Crippen LogP contribution in [0.1, 0.15) is 27.0 Å². The molecule has 0 radical (unpaired) electrons. The Balaban J connectivity index is 1.34. The maximum atomic E-state index is 13.6. The van der Waals surface area contributed by atoms with E-state index in [2.05, 4.69) is 0 Å². The third-order valence-electron chi connectivity index (χ3n) is 7.90. The second kappa shape index (κ2) is 16.7. The largest absolute Gasteiger partial charge is 0.508 e. The first-order valence-corrected chi connectivity index (χ1v) is 15.9. The minimum Gasteiger partial charge on any atom is -0.508 e. The van der Waals surface area contributed by atoms with Gasteiger partial charge in [-0.25, -0.2) is 4.79 Å². The van der Waals surface area contributed by atoms with E-state index in [9.17, 15) is 9.90 Å². The fourth-order valence-electron chi connectivity index (χ4n) is 5.45. The molecule has 48 heavy (non-hydrogen) atoms. The highest BCUT2D eigenvalue weighted by atomic mass is 16.7. The van der Waals surface area contributed by atoms with Crippen LogP contribution in [0.5, 0.6) is 11.5 Å². The van der Waals surface area contributed by atoms with E-state index in [0.717, 1.165) is 16.7 Å². The van der Waals surface area contributed by atoms with Crippen LogP contribution in [0, 0.1) is 0 Å². The molecule has 0 aliphatic carbocycles. The number of phenolic OH excluding ortho intramolecular Hbond substituents is 1. The second-order valence-corrected chi connectivity index (χ2v) is 11.4. The average molecular weight is 647 g/mol. The molecule has 0 amide bonds. The molecule has 0 saturated carbocycles. The standard InChI is InChI=1S/C40H38O8/c41-33-21-23-34(24-22-33)46-40-38(48-39(42)32-19-11-4-12-20-32)37(45-27-31-17-9-3-10-18-31)36(44-26-30-15-7-2-8-16-30)35(47-40)28-43-25-29-13-5-1-6-14-29/h1-24,35-38,40-41H,25-28H2. The minimum atomic E-state index is -1.11. The fraction of sp³-hybridized carbons (Fsp3) is 0.225. The molecule has 0 aromatic heterocycles. The zero-order valence-corrected chi connectivity index (χ0v) is 26.4. The van der Waals surface area contributed by atoms with Crippen LogP contribution in [0.15, 0.2) is 146 Å². The summed E-state index contributed by atoms with van der Waals surface area (Å²) in [4.78, 5) is 13.6. The summed E-state index contributed by atoms with van der Waals surface area (Å²) in [6.07, 6.45) is -4.39. The Morgan fingerprint density at radius 2 is 1.08 bits per heavy atom. The van der Waals surface area contributed by atoms with Crippen LogP contribution in [0.4, 0.5) is 0 Å². The van der Waals surface area contributed by atoms with Gasteiger partial charge in [-0.15, -0.1) is 0 Å². The van der Waals surface area contributed by atoms with Gasteiger partial charge in [0.15, 0.2) is 6.10 Å². The summed E-state index contributed by atoms with van der Waals surface area (Å²) >= 11 is 0. The summed E-state index contributed by atoms with van der Waals surface area (Å²) in [7, 11) is 0. The Morgan fingerprint density at radius 3 is 1.65 bits per heavy atom. The number of benzene rings is 5. The van der Waals surface area contributed by atoms with Crippen molar-refractivity contribution in [1.82, 2.24) is 0 Å². The first kappa shape index (κ1) is 32.9. The predicted molar refractivity (Wildman–Crippen MR) is 179 cm³/mol. The van der Waals surface area contributed by atoms with Crippen molar-refractivity contribution in [2.45, 2.75) is 50.5 Å². The number of phenols is 1. The van der Waals surface area contributed by atoms with Crippen molar-refractivity contribution < 1.29 is 38.3 Å². The summed E-state index contributed by atoms with van der Waals surface area (Å²) in [5.41, 5.74) is 3.28. The third-order valence-corrected chi connectivity index (χ3v) is 7.90. The molecule has 8 nitrogen and oxygen atoms in total. The average Bonchev–Trinajstić information content (AvgIpc) is 3.14. The van der Waals surface area contributed by atoms with E-state index >= 15 is 0 Å². The van der Waals surface area contributed by atoms with Gasteiger partial charge in [-0.1, -0.05) is 109 Å². The van der Waals surface area contributed by atoms with Crippen LogP contribution in [0.2, 0.25) is 0 Å². The molecule has 5 aromatic carbocycles. The van der Waals surface area contributed by atoms with E-state index in [1.807, 2.05) is 97.1 Å². The Morgan fingerprint density at radius 1 is 0.583 bits per heavy atom. The molecule has 8 heteroatoms. The molecule has 5 unspecified atom stereocenters. The number of aromatic hydroxyl groups is 1. The maximum Gasteiger partial charge on any atom is 0.338 e. The van der Waals surface area contributed by atoms with Gasteiger partial charge in [0.1, 0.15) is 29.8 Å². The molecule has 1 saturated heterocycles. The fourth-order valence-corrected chi connectivity index (χ4v) is 5.45. The number of carbonyl (C=O) groups is 1. The Bertz CT molecular complexity index is 1670. The monoisotopic (exact) mass is 646 g/mol. The van der Waals surface area contributed by atoms with E-state index in [1.54, 1.807) is 36.4 Å². The molecule has 5 aromatic rings. The molecule has 0 bridgehead atoms. The molecule has 0 spiro atoms. The third kappa shape index (κ3) is 9.08. The van der Waals surface area contributed by atoms with Gasteiger partial charge in [0, 0.05) is 0 Å². The van der Waals surface area contributed by atoms with Crippen LogP contribution in [0.3, 0.4) is 0 Å². The van der Waals surface area contributed by atoms with Crippen molar-refractivity contribution in [2.24, 2.45) is 0 Å². The maximum absolute atomic E-state index is 13.6. The molecule has 1 heterocycles. The summed E-state index contributed by atoms with van der Waals surface area (Å²) in [6.45, 7) is 0.990. The quantitative estimate of drug-likeness (QED) is 0.128. The van der Waals surface area contributed by atoms with Crippen LogP contribution in [-0.4, -0.2) is 48.4 Å². The van der Waals surface area contributed by atoms with E-state index in [4.69, 9.17) is 28.4 Å². The van der Waals surface area contributed by atoms with Crippen LogP contribution in [0.25, 0.3) is 0 Å². The molecular formula is C40H38O8. The van der Waals surface area contributed by atoms with Gasteiger partial charge in [-0.05, 0) is 53.1 Å². The topological polar surface area (TPSA) is 92.7 Å². The van der Waals surface area contributed by atoms with Gasteiger partial charge in [-0.3, -0.25) is 0 Å². The van der Waals surface area contributed by atoms with Gasteiger partial charge < -0.3 is 33.5 Å². The molecule has 5 atom stereocenters. The zero-order valence-electron chi connectivity index (χ0n) is 26.4. The molecule has 1 aliphatic heterocycles. The smallest absolute Gasteiger partial charge is 0.338 e. The number of hydrogen-bond donors (Lipinski definition) is 1. The van der Waals surface area contributed by atoms with Crippen LogP contribution < -0.4 is 4.74 Å². The molecule has 246 valence electrons. The van der Waals surface area contributed by atoms with Crippen molar-refractivity contribution in [2.75, 3.05) is 6.61 Å². The number of hydrogen-bond acceptors (Lipinski definition) is 8. The van der Waals surface area contributed by atoms with Crippen molar-refractivity contribution >= 4 is 5.97 Å². The van der Waals surface area contributed by atoms with E-state index in [1.165, 1.54) is 12.1 Å². The van der Waals surface area contributed by atoms with E-state index in [0.29, 0.717) is 17.9 Å². The lowest BCUT2D eigenvalue weighted by Gasteiger charge is -2.45. The SMILES string of the molecule is O=C(OC1C(Oc2ccc(O)cc2)OC(COCc2ccccc2)C(OCc2ccccc2)C1OCc1ccccc1)c1ccccc1. The Hall–Kier alpha value is -4.99. The predicted octanol–water partition coefficient (Wildman–Crippen LogP) is 7.11. The number of ether oxygens (including phenoxy) is 6. The van der Waals surface area contributed by atoms with Gasteiger partial charge in [0.05, 0.1) is 32.0 Å². The first-order chi connectivity index (χ1) is 23.6. The Labute approximate surface area is 280 Å². The van der Waals surface area contributed by atoms with E-state index < -0.39 is 36.7 Å². The minimum absolute atomic E-state index is 0.0876. The van der Waals surface area contributed by atoms with Crippen molar-refractivity contribution in [3.05, 3.63) is 168 Å². The second-order valence-electron chi connectivity index (χ2n) is 11.4.